The number of hydrogen-bond acceptors (Lipinski definition) is 4. The Kier molecular flexibility index (Phi) is 5.26. The molecule has 2 saturated heterocycles. The lowest BCUT2D eigenvalue weighted by molar-refractivity contribution is -0.133. The minimum absolute atomic E-state index is 0.0630. The summed E-state index contributed by atoms with van der Waals surface area (Å²) in [5.41, 5.74) is 2.75. The van der Waals surface area contributed by atoms with Crippen LogP contribution in [0.4, 0.5) is 0 Å². The van der Waals surface area contributed by atoms with Crippen molar-refractivity contribution in [2.45, 2.75) is 31.6 Å². The van der Waals surface area contributed by atoms with Gasteiger partial charge in [0.15, 0.2) is 5.78 Å². The summed E-state index contributed by atoms with van der Waals surface area (Å²) in [6, 6.07) is 9.51. The van der Waals surface area contributed by atoms with Crippen LogP contribution in [0.5, 0.6) is 0 Å². The van der Waals surface area contributed by atoms with Crippen molar-refractivity contribution in [3.63, 3.8) is 0 Å². The predicted octanol–water partition coefficient (Wildman–Crippen LogP) is 3.97. The molecule has 3 heterocycles. The molecule has 2 aromatic rings. The molecule has 5 nitrogen and oxygen atoms in total. The quantitative estimate of drug-likeness (QED) is 0.687. The van der Waals surface area contributed by atoms with Gasteiger partial charge < -0.3 is 9.80 Å². The molecule has 0 radical (unpaired) electrons. The van der Waals surface area contributed by atoms with Gasteiger partial charge in [0.25, 0.3) is 0 Å². The molecule has 1 aromatic carbocycles. The van der Waals surface area contributed by atoms with E-state index in [-0.39, 0.29) is 28.9 Å². The fraction of sp³-hybridized carbons (Fsp3) is 0.400. The molecule has 1 spiro atoms. The van der Waals surface area contributed by atoms with Crippen molar-refractivity contribution in [1.82, 2.24) is 9.80 Å². The highest BCUT2D eigenvalue weighted by atomic mass is 32.1. The molecule has 1 unspecified atom stereocenters. The van der Waals surface area contributed by atoms with Crippen LogP contribution < -0.4 is 0 Å². The first-order valence-corrected chi connectivity index (χ1v) is 11.9. The van der Waals surface area contributed by atoms with E-state index in [2.05, 4.69) is 0 Å². The van der Waals surface area contributed by atoms with Crippen LogP contribution in [0.25, 0.3) is 6.08 Å². The maximum atomic E-state index is 13.3. The lowest BCUT2D eigenvalue weighted by Crippen LogP contribution is -2.44. The topological polar surface area (TPSA) is 57.7 Å². The van der Waals surface area contributed by atoms with Crippen LogP contribution in [0, 0.1) is 5.41 Å². The van der Waals surface area contributed by atoms with Gasteiger partial charge in [-0.2, -0.15) is 11.3 Å². The van der Waals surface area contributed by atoms with E-state index in [1.54, 1.807) is 17.4 Å². The number of rotatable bonds is 3. The minimum atomic E-state index is -0.331. The molecule has 2 fully saturated rings. The lowest BCUT2D eigenvalue weighted by atomic mass is 9.77. The molecule has 1 aliphatic carbocycles. The molecule has 3 aliphatic rings. The van der Waals surface area contributed by atoms with Crippen molar-refractivity contribution in [3.05, 3.63) is 63.9 Å². The zero-order valence-corrected chi connectivity index (χ0v) is 18.3. The molecule has 0 bridgehead atoms. The number of benzene rings is 1. The number of ketones is 1. The largest absolute Gasteiger partial charge is 0.342 e. The second-order valence-electron chi connectivity index (χ2n) is 8.99. The smallest absolute Gasteiger partial charge is 0.246 e. The third-order valence-electron chi connectivity index (χ3n) is 7.17. The van der Waals surface area contributed by atoms with Crippen molar-refractivity contribution in [2.75, 3.05) is 26.2 Å². The summed E-state index contributed by atoms with van der Waals surface area (Å²) < 4.78 is 0. The molecule has 0 N–H and O–H groups in total. The number of thiophene rings is 1. The Morgan fingerprint density at radius 3 is 2.52 bits per heavy atom. The fourth-order valence-electron chi connectivity index (χ4n) is 5.28. The van der Waals surface area contributed by atoms with Gasteiger partial charge in [0.05, 0.1) is 5.92 Å². The number of carbonyl (C=O) groups excluding carboxylic acids is 3. The van der Waals surface area contributed by atoms with E-state index < -0.39 is 0 Å². The summed E-state index contributed by atoms with van der Waals surface area (Å²) in [5.74, 6) is -0.103. The van der Waals surface area contributed by atoms with E-state index in [4.69, 9.17) is 0 Å². The first-order valence-electron chi connectivity index (χ1n) is 10.9. The molecular formula is C25H26N2O3S. The van der Waals surface area contributed by atoms with Gasteiger partial charge >= 0.3 is 0 Å². The standard InChI is InChI=1S/C25H26N2O3S/c28-22-15-21(19-3-1-2-4-20(19)22)24(30)27-13-10-25(17-27)8-11-26(12-9-25)23(29)6-5-18-7-14-31-16-18/h1-7,14,16,21H,8-13,15,17H2/b6-5+. The Labute approximate surface area is 186 Å². The highest BCUT2D eigenvalue weighted by Crippen LogP contribution is 2.43. The van der Waals surface area contributed by atoms with E-state index in [9.17, 15) is 14.4 Å². The summed E-state index contributed by atoms with van der Waals surface area (Å²) in [7, 11) is 0. The van der Waals surface area contributed by atoms with Gasteiger partial charge in [0, 0.05) is 44.2 Å². The first-order chi connectivity index (χ1) is 15.0. The van der Waals surface area contributed by atoms with Crippen molar-refractivity contribution < 1.29 is 14.4 Å². The number of hydrogen-bond donors (Lipinski definition) is 0. The second kappa shape index (κ2) is 8.08. The van der Waals surface area contributed by atoms with Gasteiger partial charge in [-0.3, -0.25) is 14.4 Å². The van der Waals surface area contributed by atoms with Crippen molar-refractivity contribution in [3.8, 4) is 0 Å². The van der Waals surface area contributed by atoms with E-state index in [0.717, 1.165) is 56.6 Å². The second-order valence-corrected chi connectivity index (χ2v) is 9.77. The van der Waals surface area contributed by atoms with Gasteiger partial charge in [-0.1, -0.05) is 24.3 Å². The van der Waals surface area contributed by atoms with Crippen LogP contribution in [0.3, 0.4) is 0 Å². The highest BCUT2D eigenvalue weighted by Gasteiger charge is 2.45. The summed E-state index contributed by atoms with van der Waals surface area (Å²) in [4.78, 5) is 42.0. The zero-order chi connectivity index (χ0) is 21.4. The maximum Gasteiger partial charge on any atom is 0.246 e. The Balaban J connectivity index is 1.19. The van der Waals surface area contributed by atoms with Crippen molar-refractivity contribution in [2.24, 2.45) is 5.41 Å². The van der Waals surface area contributed by atoms with Crippen LogP contribution in [0.2, 0.25) is 0 Å². The van der Waals surface area contributed by atoms with Gasteiger partial charge in [-0.25, -0.2) is 0 Å². The van der Waals surface area contributed by atoms with E-state index in [0.29, 0.717) is 12.0 Å². The van der Waals surface area contributed by atoms with E-state index in [1.165, 1.54) is 0 Å². The average Bonchev–Trinajstić information content (AvgIpc) is 3.53. The molecule has 6 heteroatoms. The number of fused-ring (bicyclic) bond motifs is 1. The minimum Gasteiger partial charge on any atom is -0.342 e. The Morgan fingerprint density at radius 2 is 1.77 bits per heavy atom. The Hall–Kier alpha value is -2.73. The molecule has 31 heavy (non-hydrogen) atoms. The lowest BCUT2D eigenvalue weighted by Gasteiger charge is -2.39. The molecule has 0 saturated carbocycles. The monoisotopic (exact) mass is 434 g/mol. The summed E-state index contributed by atoms with van der Waals surface area (Å²) >= 11 is 1.62. The SMILES string of the molecule is O=C1CC(C(=O)N2CCC3(CCN(C(=O)/C=C/c4ccsc4)CC3)C2)c2ccccc21. The third-order valence-corrected chi connectivity index (χ3v) is 7.87. The summed E-state index contributed by atoms with van der Waals surface area (Å²) in [6.07, 6.45) is 6.66. The average molecular weight is 435 g/mol. The number of amides is 2. The molecule has 2 amide bonds. The summed E-state index contributed by atoms with van der Waals surface area (Å²) in [5, 5.41) is 4.03. The van der Waals surface area contributed by atoms with Crippen LogP contribution in [0.15, 0.2) is 47.2 Å². The highest BCUT2D eigenvalue weighted by molar-refractivity contribution is 7.08. The molecule has 5 rings (SSSR count). The van der Waals surface area contributed by atoms with Crippen LogP contribution in [-0.4, -0.2) is 53.6 Å². The van der Waals surface area contributed by atoms with Crippen molar-refractivity contribution in [1.29, 1.82) is 0 Å². The van der Waals surface area contributed by atoms with Gasteiger partial charge in [0.1, 0.15) is 0 Å². The van der Waals surface area contributed by atoms with Gasteiger partial charge in [-0.05, 0) is 58.7 Å². The molecule has 1 atom stereocenters. The number of likely N-dealkylation sites (tertiary alicyclic amines) is 2. The van der Waals surface area contributed by atoms with Crippen LogP contribution in [-0.2, 0) is 9.59 Å². The van der Waals surface area contributed by atoms with Gasteiger partial charge in [0.2, 0.25) is 11.8 Å². The molecule has 1 aromatic heterocycles. The first kappa shape index (κ1) is 20.2. The number of piperidine rings is 1. The van der Waals surface area contributed by atoms with E-state index >= 15 is 0 Å². The third kappa shape index (κ3) is 3.85. The maximum absolute atomic E-state index is 13.3. The van der Waals surface area contributed by atoms with Crippen LogP contribution >= 0.6 is 11.3 Å². The number of Topliss-reactive ketones (excluding diaryl/α,β-unsaturated/α-hetero) is 1. The fourth-order valence-corrected chi connectivity index (χ4v) is 5.90. The molecule has 2 aliphatic heterocycles. The van der Waals surface area contributed by atoms with Gasteiger partial charge in [-0.15, -0.1) is 0 Å². The zero-order valence-electron chi connectivity index (χ0n) is 17.5. The predicted molar refractivity (Wildman–Crippen MR) is 121 cm³/mol. The summed E-state index contributed by atoms with van der Waals surface area (Å²) in [6.45, 7) is 2.96. The molecule has 160 valence electrons. The van der Waals surface area contributed by atoms with E-state index in [1.807, 2.05) is 57.0 Å². The molecular weight excluding hydrogens is 408 g/mol. The Morgan fingerprint density at radius 1 is 1.03 bits per heavy atom. The van der Waals surface area contributed by atoms with Crippen molar-refractivity contribution >= 4 is 35.0 Å². The number of carbonyl (C=O) groups is 3. The van der Waals surface area contributed by atoms with Crippen LogP contribution in [0.1, 0.15) is 53.1 Å². The number of nitrogens with zero attached hydrogens (tertiary/aromatic N) is 2. The normalized spacial score (nSPS) is 22.5. The Bertz CT molecular complexity index is 1030.